The number of fused-ring (bicyclic) bond motifs is 1. The number of aromatic nitrogens is 2. The topological polar surface area (TPSA) is 75.6 Å². The van der Waals surface area contributed by atoms with Gasteiger partial charge in [0, 0.05) is 44.1 Å². The number of carbonyl (C=O) groups is 2. The number of nitrogens with zero attached hydrogens (tertiary/aromatic N) is 4. The molecule has 0 bridgehead atoms. The summed E-state index contributed by atoms with van der Waals surface area (Å²) in [6.07, 6.45) is 7.03. The Morgan fingerprint density at radius 3 is 2.86 bits per heavy atom. The van der Waals surface area contributed by atoms with Crippen molar-refractivity contribution in [3.63, 3.8) is 0 Å². The molecule has 2 unspecified atom stereocenters. The SMILES string of the molecule is CN1CCCCC1c1ncc2c(n1)CCN(C(=O)CC1CC(C)(C)OC1=O)C2. The maximum Gasteiger partial charge on any atom is 0.310 e. The van der Waals surface area contributed by atoms with Gasteiger partial charge in [-0.2, -0.15) is 0 Å². The average Bonchev–Trinajstić information content (AvgIpc) is 2.92. The third kappa shape index (κ3) is 3.90. The molecular weight excluding hydrogens is 356 g/mol. The van der Waals surface area contributed by atoms with Crippen molar-refractivity contribution in [3.8, 4) is 0 Å². The Kier molecular flexibility index (Phi) is 5.12. The minimum Gasteiger partial charge on any atom is -0.459 e. The summed E-state index contributed by atoms with van der Waals surface area (Å²) in [4.78, 5) is 38.4. The van der Waals surface area contributed by atoms with Crippen molar-refractivity contribution in [2.45, 2.75) is 70.6 Å². The zero-order chi connectivity index (χ0) is 19.9. The minimum absolute atomic E-state index is 0.0152. The predicted octanol–water partition coefficient (Wildman–Crippen LogP) is 2.25. The Balaban J connectivity index is 1.41. The van der Waals surface area contributed by atoms with E-state index in [4.69, 9.17) is 9.72 Å². The molecule has 3 aliphatic heterocycles. The van der Waals surface area contributed by atoms with Crippen LogP contribution >= 0.6 is 0 Å². The number of rotatable bonds is 3. The fraction of sp³-hybridized carbons (Fsp3) is 0.714. The molecule has 0 saturated carbocycles. The van der Waals surface area contributed by atoms with E-state index in [0.29, 0.717) is 25.6 Å². The van der Waals surface area contributed by atoms with Gasteiger partial charge in [0.2, 0.25) is 5.91 Å². The molecule has 7 heteroatoms. The van der Waals surface area contributed by atoms with Crippen LogP contribution < -0.4 is 0 Å². The van der Waals surface area contributed by atoms with E-state index >= 15 is 0 Å². The van der Waals surface area contributed by atoms with Crippen molar-refractivity contribution in [1.29, 1.82) is 0 Å². The lowest BCUT2D eigenvalue weighted by Crippen LogP contribution is -2.38. The zero-order valence-corrected chi connectivity index (χ0v) is 17.1. The number of likely N-dealkylation sites (tertiary alicyclic amines) is 1. The van der Waals surface area contributed by atoms with Gasteiger partial charge in [-0.25, -0.2) is 9.97 Å². The lowest BCUT2D eigenvalue weighted by Gasteiger charge is -2.33. The second kappa shape index (κ2) is 7.43. The number of cyclic esters (lactones) is 1. The number of amides is 1. The summed E-state index contributed by atoms with van der Waals surface area (Å²) < 4.78 is 5.35. The standard InChI is InChI=1S/C21H30N4O3/c1-21(2)11-14(20(27)28-21)10-18(26)25-9-7-16-15(13-25)12-22-19(23-16)17-6-4-5-8-24(17)3/h12,14,17H,4-11,13H2,1-3H3. The van der Waals surface area contributed by atoms with Gasteiger partial charge >= 0.3 is 5.97 Å². The van der Waals surface area contributed by atoms with Crippen molar-refractivity contribution >= 4 is 11.9 Å². The number of esters is 1. The van der Waals surface area contributed by atoms with E-state index in [-0.39, 0.29) is 24.2 Å². The summed E-state index contributed by atoms with van der Waals surface area (Å²) in [6.45, 7) is 6.05. The molecule has 0 N–H and O–H groups in total. The molecule has 2 fully saturated rings. The number of hydrogen-bond acceptors (Lipinski definition) is 6. The molecule has 3 aliphatic rings. The first-order chi connectivity index (χ1) is 13.3. The second-order valence-electron chi connectivity index (χ2n) is 9.04. The van der Waals surface area contributed by atoms with Crippen LogP contribution in [-0.2, 0) is 27.3 Å². The van der Waals surface area contributed by atoms with E-state index in [1.54, 1.807) is 0 Å². The fourth-order valence-corrected chi connectivity index (χ4v) is 4.68. The lowest BCUT2D eigenvalue weighted by molar-refractivity contribution is -0.150. The van der Waals surface area contributed by atoms with Gasteiger partial charge < -0.3 is 9.64 Å². The number of ether oxygens (including phenoxy) is 1. The highest BCUT2D eigenvalue weighted by atomic mass is 16.6. The highest BCUT2D eigenvalue weighted by Gasteiger charge is 2.41. The summed E-state index contributed by atoms with van der Waals surface area (Å²) in [5, 5.41) is 0. The second-order valence-corrected chi connectivity index (χ2v) is 9.04. The molecule has 0 aliphatic carbocycles. The van der Waals surface area contributed by atoms with Gasteiger partial charge in [-0.3, -0.25) is 14.5 Å². The quantitative estimate of drug-likeness (QED) is 0.742. The zero-order valence-electron chi connectivity index (χ0n) is 17.1. The molecule has 1 aromatic heterocycles. The molecular formula is C21H30N4O3. The Morgan fingerprint density at radius 2 is 2.14 bits per heavy atom. The van der Waals surface area contributed by atoms with Crippen molar-refractivity contribution < 1.29 is 14.3 Å². The highest BCUT2D eigenvalue weighted by molar-refractivity contribution is 5.84. The third-order valence-corrected chi connectivity index (χ3v) is 6.24. The van der Waals surface area contributed by atoms with Crippen LogP contribution in [0.25, 0.3) is 0 Å². The van der Waals surface area contributed by atoms with Crippen molar-refractivity contribution in [2.75, 3.05) is 20.1 Å². The Morgan fingerprint density at radius 1 is 1.32 bits per heavy atom. The first kappa shape index (κ1) is 19.3. The normalized spacial score (nSPS) is 27.4. The van der Waals surface area contributed by atoms with Gasteiger partial charge in [0.25, 0.3) is 0 Å². The summed E-state index contributed by atoms with van der Waals surface area (Å²) in [5.41, 5.74) is 1.62. The van der Waals surface area contributed by atoms with E-state index in [1.807, 2.05) is 24.9 Å². The van der Waals surface area contributed by atoms with Gasteiger partial charge in [-0.1, -0.05) is 6.42 Å². The van der Waals surface area contributed by atoms with Gasteiger partial charge in [0.15, 0.2) is 0 Å². The van der Waals surface area contributed by atoms with E-state index in [1.165, 1.54) is 12.8 Å². The number of piperidine rings is 1. The molecule has 0 radical (unpaired) electrons. The van der Waals surface area contributed by atoms with Crippen LogP contribution in [0.5, 0.6) is 0 Å². The van der Waals surface area contributed by atoms with Crippen molar-refractivity contribution in [3.05, 3.63) is 23.3 Å². The molecule has 2 saturated heterocycles. The molecule has 0 spiro atoms. The Bertz CT molecular complexity index is 779. The van der Waals surface area contributed by atoms with Crippen LogP contribution in [0.2, 0.25) is 0 Å². The molecule has 152 valence electrons. The lowest BCUT2D eigenvalue weighted by atomic mass is 9.94. The molecule has 28 heavy (non-hydrogen) atoms. The first-order valence-corrected chi connectivity index (χ1v) is 10.4. The molecule has 7 nitrogen and oxygen atoms in total. The summed E-state index contributed by atoms with van der Waals surface area (Å²) in [5.74, 6) is 0.350. The Labute approximate surface area is 166 Å². The third-order valence-electron chi connectivity index (χ3n) is 6.24. The molecule has 1 aromatic rings. The van der Waals surface area contributed by atoms with Crippen molar-refractivity contribution in [1.82, 2.24) is 19.8 Å². The average molecular weight is 386 g/mol. The monoisotopic (exact) mass is 386 g/mol. The smallest absolute Gasteiger partial charge is 0.310 e. The van der Waals surface area contributed by atoms with Gasteiger partial charge in [0.1, 0.15) is 11.4 Å². The number of hydrogen-bond donors (Lipinski definition) is 0. The van der Waals surface area contributed by atoms with Gasteiger partial charge in [-0.15, -0.1) is 0 Å². The maximum absolute atomic E-state index is 12.7. The van der Waals surface area contributed by atoms with Gasteiger partial charge in [-0.05, 0) is 40.3 Å². The van der Waals surface area contributed by atoms with E-state index in [0.717, 1.165) is 36.5 Å². The molecule has 4 heterocycles. The number of carbonyl (C=O) groups excluding carboxylic acids is 2. The molecule has 2 atom stereocenters. The molecule has 1 amide bonds. The Hall–Kier alpha value is -2.02. The predicted molar refractivity (Wildman–Crippen MR) is 103 cm³/mol. The van der Waals surface area contributed by atoms with Gasteiger partial charge in [0.05, 0.1) is 17.7 Å². The summed E-state index contributed by atoms with van der Waals surface area (Å²) in [7, 11) is 2.14. The van der Waals surface area contributed by atoms with Crippen LogP contribution in [-0.4, -0.2) is 57.4 Å². The molecule has 4 rings (SSSR count). The van der Waals surface area contributed by atoms with Crippen LogP contribution in [0, 0.1) is 5.92 Å². The van der Waals surface area contributed by atoms with Crippen LogP contribution in [0.3, 0.4) is 0 Å². The van der Waals surface area contributed by atoms with E-state index < -0.39 is 5.60 Å². The largest absolute Gasteiger partial charge is 0.459 e. The van der Waals surface area contributed by atoms with Crippen molar-refractivity contribution in [2.24, 2.45) is 5.92 Å². The highest BCUT2D eigenvalue weighted by Crippen LogP contribution is 2.33. The first-order valence-electron chi connectivity index (χ1n) is 10.4. The minimum atomic E-state index is -0.465. The van der Waals surface area contributed by atoms with Crippen LogP contribution in [0.4, 0.5) is 0 Å². The maximum atomic E-state index is 12.7. The van der Waals surface area contributed by atoms with E-state index in [9.17, 15) is 9.59 Å². The van der Waals surface area contributed by atoms with Crippen LogP contribution in [0.1, 0.15) is 69.1 Å². The summed E-state index contributed by atoms with van der Waals surface area (Å²) >= 11 is 0. The fourth-order valence-electron chi connectivity index (χ4n) is 4.68. The van der Waals surface area contributed by atoms with E-state index in [2.05, 4.69) is 16.9 Å². The van der Waals surface area contributed by atoms with Crippen LogP contribution in [0.15, 0.2) is 6.20 Å². The summed E-state index contributed by atoms with van der Waals surface area (Å²) in [6, 6.07) is 0.301. The molecule has 0 aromatic carbocycles.